The Kier molecular flexibility index (Phi) is 4.51. The number of hydrogen-bond donors (Lipinski definition) is 1. The SMILES string of the molecule is CNc1cccnc1C(F)F.Cl. The molecule has 1 N–H and O–H groups in total. The predicted molar refractivity (Wildman–Crippen MR) is 46.0 cm³/mol. The highest BCUT2D eigenvalue weighted by Gasteiger charge is 2.11. The maximum atomic E-state index is 12.1. The summed E-state index contributed by atoms with van der Waals surface area (Å²) in [6.07, 6.45) is -1.17. The third-order valence-electron chi connectivity index (χ3n) is 1.31. The highest BCUT2D eigenvalue weighted by Crippen LogP contribution is 2.23. The molecule has 0 aliphatic carbocycles. The van der Waals surface area contributed by atoms with E-state index in [-0.39, 0.29) is 18.1 Å². The molecule has 0 aromatic carbocycles. The van der Waals surface area contributed by atoms with Gasteiger partial charge in [-0.2, -0.15) is 0 Å². The van der Waals surface area contributed by atoms with Crippen LogP contribution in [-0.2, 0) is 0 Å². The second-order valence-corrected chi connectivity index (χ2v) is 1.99. The maximum absolute atomic E-state index is 12.1. The first-order valence-electron chi connectivity index (χ1n) is 3.16. The van der Waals surface area contributed by atoms with Crippen molar-refractivity contribution in [2.75, 3.05) is 12.4 Å². The van der Waals surface area contributed by atoms with Crippen molar-refractivity contribution in [3.05, 3.63) is 24.0 Å². The topological polar surface area (TPSA) is 24.9 Å². The molecule has 0 atom stereocenters. The quantitative estimate of drug-likeness (QED) is 0.783. The van der Waals surface area contributed by atoms with Gasteiger partial charge in [0.25, 0.3) is 6.43 Å². The van der Waals surface area contributed by atoms with E-state index in [2.05, 4.69) is 10.3 Å². The zero-order valence-corrected chi connectivity index (χ0v) is 7.24. The molecule has 1 heterocycles. The lowest BCUT2D eigenvalue weighted by molar-refractivity contribution is 0.147. The van der Waals surface area contributed by atoms with E-state index in [1.807, 2.05) is 0 Å². The van der Waals surface area contributed by atoms with Gasteiger partial charge >= 0.3 is 0 Å². The van der Waals surface area contributed by atoms with Crippen LogP contribution in [0.3, 0.4) is 0 Å². The molecule has 5 heteroatoms. The van der Waals surface area contributed by atoms with Crippen LogP contribution >= 0.6 is 12.4 Å². The molecule has 0 amide bonds. The van der Waals surface area contributed by atoms with Crippen molar-refractivity contribution in [3.8, 4) is 0 Å². The lowest BCUT2D eigenvalue weighted by Gasteiger charge is -2.04. The molecule has 1 aromatic heterocycles. The maximum Gasteiger partial charge on any atom is 0.282 e. The van der Waals surface area contributed by atoms with Crippen LogP contribution in [0.2, 0.25) is 0 Å². The summed E-state index contributed by atoms with van der Waals surface area (Å²) in [5, 5.41) is 2.63. The minimum Gasteiger partial charge on any atom is -0.386 e. The zero-order valence-electron chi connectivity index (χ0n) is 6.42. The van der Waals surface area contributed by atoms with Crippen LogP contribution in [0.4, 0.5) is 14.5 Å². The summed E-state index contributed by atoms with van der Waals surface area (Å²) in [5.41, 5.74) is 0.178. The highest BCUT2D eigenvalue weighted by molar-refractivity contribution is 5.85. The Morgan fingerprint density at radius 2 is 2.17 bits per heavy atom. The number of hydrogen-bond acceptors (Lipinski definition) is 2. The molecule has 0 saturated heterocycles. The van der Waals surface area contributed by atoms with Crippen molar-refractivity contribution < 1.29 is 8.78 Å². The minimum atomic E-state index is -2.52. The van der Waals surface area contributed by atoms with Gasteiger partial charge in [-0.15, -0.1) is 12.4 Å². The van der Waals surface area contributed by atoms with Gasteiger partial charge in [0, 0.05) is 13.2 Å². The number of alkyl halides is 2. The third-order valence-corrected chi connectivity index (χ3v) is 1.31. The largest absolute Gasteiger partial charge is 0.386 e. The molecular formula is C7H9ClF2N2. The first-order chi connectivity index (χ1) is 5.25. The summed E-state index contributed by atoms with van der Waals surface area (Å²) >= 11 is 0. The summed E-state index contributed by atoms with van der Waals surface area (Å²) in [5.74, 6) is 0. The predicted octanol–water partition coefficient (Wildman–Crippen LogP) is 2.48. The van der Waals surface area contributed by atoms with Gasteiger partial charge in [0.15, 0.2) is 0 Å². The first-order valence-corrected chi connectivity index (χ1v) is 3.16. The molecule has 0 unspecified atom stereocenters. The van der Waals surface area contributed by atoms with Crippen molar-refractivity contribution in [1.82, 2.24) is 4.98 Å². The van der Waals surface area contributed by atoms with Gasteiger partial charge in [0.2, 0.25) is 0 Å². The molecule has 0 aliphatic rings. The van der Waals surface area contributed by atoms with E-state index in [1.54, 1.807) is 19.2 Å². The Bertz CT molecular complexity index is 243. The number of nitrogens with zero attached hydrogens (tertiary/aromatic N) is 1. The first kappa shape index (κ1) is 11.1. The number of aromatic nitrogens is 1. The van der Waals surface area contributed by atoms with Gasteiger partial charge in [-0.3, -0.25) is 4.98 Å². The molecule has 1 aromatic rings. The average molecular weight is 195 g/mol. The van der Waals surface area contributed by atoms with Crippen LogP contribution in [0, 0.1) is 0 Å². The average Bonchev–Trinajstić information content (AvgIpc) is 2.04. The molecule has 2 nitrogen and oxygen atoms in total. The van der Waals surface area contributed by atoms with E-state index in [0.717, 1.165) is 0 Å². The molecule has 0 radical (unpaired) electrons. The summed E-state index contributed by atoms with van der Waals surface area (Å²) in [6, 6.07) is 3.17. The van der Waals surface area contributed by atoms with Gasteiger partial charge in [-0.25, -0.2) is 8.78 Å². The van der Waals surface area contributed by atoms with E-state index in [9.17, 15) is 8.78 Å². The van der Waals surface area contributed by atoms with Gasteiger partial charge in [0.1, 0.15) is 5.69 Å². The van der Waals surface area contributed by atoms with Gasteiger partial charge in [0.05, 0.1) is 5.69 Å². The van der Waals surface area contributed by atoms with Gasteiger partial charge in [-0.05, 0) is 12.1 Å². The van der Waals surface area contributed by atoms with E-state index in [0.29, 0.717) is 5.69 Å². The molecule has 0 fully saturated rings. The summed E-state index contributed by atoms with van der Waals surface area (Å²) in [7, 11) is 1.59. The van der Waals surface area contributed by atoms with Crippen LogP contribution < -0.4 is 5.32 Å². The molecular weight excluding hydrogens is 186 g/mol. The van der Waals surface area contributed by atoms with Crippen molar-refractivity contribution in [2.24, 2.45) is 0 Å². The van der Waals surface area contributed by atoms with Crippen molar-refractivity contribution in [2.45, 2.75) is 6.43 Å². The fraction of sp³-hybridized carbons (Fsp3) is 0.286. The van der Waals surface area contributed by atoms with E-state index in [4.69, 9.17) is 0 Å². The summed E-state index contributed by atoms with van der Waals surface area (Å²) in [6.45, 7) is 0. The second-order valence-electron chi connectivity index (χ2n) is 1.99. The lowest BCUT2D eigenvalue weighted by atomic mass is 10.3. The summed E-state index contributed by atoms with van der Waals surface area (Å²) < 4.78 is 24.2. The standard InChI is InChI=1S/C7H8F2N2.ClH/c1-10-5-3-2-4-11-6(5)7(8)9;/h2-4,7,10H,1H3;1H. The second kappa shape index (κ2) is 4.87. The van der Waals surface area contributed by atoms with E-state index < -0.39 is 6.43 Å². The van der Waals surface area contributed by atoms with Crippen LogP contribution in [0.25, 0.3) is 0 Å². The Morgan fingerprint density at radius 1 is 1.50 bits per heavy atom. The van der Waals surface area contributed by atoms with Gasteiger partial charge in [-0.1, -0.05) is 0 Å². The fourth-order valence-electron chi connectivity index (χ4n) is 0.803. The highest BCUT2D eigenvalue weighted by atomic mass is 35.5. The number of anilines is 1. The molecule has 1 rings (SSSR count). The van der Waals surface area contributed by atoms with Crippen molar-refractivity contribution >= 4 is 18.1 Å². The molecule has 12 heavy (non-hydrogen) atoms. The Balaban J connectivity index is 0.00000121. The van der Waals surface area contributed by atoms with E-state index in [1.165, 1.54) is 6.20 Å². The Morgan fingerprint density at radius 3 is 2.58 bits per heavy atom. The fourth-order valence-corrected chi connectivity index (χ4v) is 0.803. The molecule has 0 bridgehead atoms. The summed E-state index contributed by atoms with van der Waals surface area (Å²) in [4.78, 5) is 3.54. The minimum absolute atomic E-state index is 0. The van der Waals surface area contributed by atoms with E-state index >= 15 is 0 Å². The number of nitrogens with one attached hydrogen (secondary N) is 1. The van der Waals surface area contributed by atoms with Gasteiger partial charge < -0.3 is 5.32 Å². The van der Waals surface area contributed by atoms with Crippen LogP contribution in [-0.4, -0.2) is 12.0 Å². The molecule has 0 aliphatic heterocycles. The monoisotopic (exact) mass is 194 g/mol. The Hall–Kier alpha value is -0.900. The normalized spacial score (nSPS) is 9.33. The Labute approximate surface area is 75.4 Å². The molecule has 68 valence electrons. The van der Waals surface area contributed by atoms with Crippen LogP contribution in [0.15, 0.2) is 18.3 Å². The van der Waals surface area contributed by atoms with Crippen molar-refractivity contribution in [3.63, 3.8) is 0 Å². The van der Waals surface area contributed by atoms with Crippen molar-refractivity contribution in [1.29, 1.82) is 0 Å². The smallest absolute Gasteiger partial charge is 0.282 e. The number of rotatable bonds is 2. The molecule has 0 spiro atoms. The zero-order chi connectivity index (χ0) is 8.27. The van der Waals surface area contributed by atoms with Crippen LogP contribution in [0.1, 0.15) is 12.1 Å². The number of halogens is 3. The van der Waals surface area contributed by atoms with Crippen LogP contribution in [0.5, 0.6) is 0 Å². The molecule has 0 saturated carbocycles. The third kappa shape index (κ3) is 2.30. The lowest BCUT2D eigenvalue weighted by Crippen LogP contribution is -1.97. The number of pyridine rings is 1.